The number of pyridine rings is 2. The first-order valence-electron chi connectivity index (χ1n) is 7.45. The lowest BCUT2D eigenvalue weighted by Crippen LogP contribution is -2.19. The summed E-state index contributed by atoms with van der Waals surface area (Å²) in [7, 11) is 0. The van der Waals surface area contributed by atoms with E-state index < -0.39 is 0 Å². The summed E-state index contributed by atoms with van der Waals surface area (Å²) in [5.74, 6) is 0.965. The number of hydrogen-bond acceptors (Lipinski definition) is 4. The highest BCUT2D eigenvalue weighted by Crippen LogP contribution is 2.25. The number of benzene rings is 1. The van der Waals surface area contributed by atoms with Crippen LogP contribution in [0.4, 0.5) is 0 Å². The molecular formula is C17H12BrN5. The van der Waals surface area contributed by atoms with Crippen LogP contribution < -0.4 is 5.32 Å². The Morgan fingerprint density at radius 3 is 2.87 bits per heavy atom. The van der Waals surface area contributed by atoms with Crippen molar-refractivity contribution in [3.63, 3.8) is 0 Å². The van der Waals surface area contributed by atoms with Crippen LogP contribution in [0.5, 0.6) is 0 Å². The van der Waals surface area contributed by atoms with Crippen molar-refractivity contribution < 1.29 is 0 Å². The number of hydrogen-bond donors (Lipinski definition) is 1. The molecule has 112 valence electrons. The predicted molar refractivity (Wildman–Crippen MR) is 95.1 cm³/mol. The summed E-state index contributed by atoms with van der Waals surface area (Å²) in [4.78, 5) is 13.5. The highest BCUT2D eigenvalue weighted by atomic mass is 79.9. The Hall–Kier alpha value is -2.47. The highest BCUT2D eigenvalue weighted by Gasteiger charge is 2.12. The summed E-state index contributed by atoms with van der Waals surface area (Å²) < 4.78 is 3.10. The molecule has 5 nitrogen and oxygen atoms in total. The van der Waals surface area contributed by atoms with Gasteiger partial charge >= 0.3 is 0 Å². The van der Waals surface area contributed by atoms with Crippen molar-refractivity contribution in [3.8, 4) is 0 Å². The molecule has 0 bridgehead atoms. The Kier molecular flexibility index (Phi) is 2.69. The second kappa shape index (κ2) is 4.76. The molecule has 5 rings (SSSR count). The van der Waals surface area contributed by atoms with Gasteiger partial charge in [-0.1, -0.05) is 12.1 Å². The molecule has 0 radical (unpaired) electrons. The fourth-order valence-electron chi connectivity index (χ4n) is 3.10. The lowest BCUT2D eigenvalue weighted by atomic mass is 10.1. The SMILES string of the molecule is Brc1cnc2nc3ccc4ccc(C5=NCCN5)cc4n3c2c1. The van der Waals surface area contributed by atoms with Crippen LogP contribution in [0.15, 0.2) is 52.1 Å². The number of halogens is 1. The third kappa shape index (κ3) is 1.95. The van der Waals surface area contributed by atoms with Gasteiger partial charge in [0.2, 0.25) is 0 Å². The topological polar surface area (TPSA) is 54.6 Å². The summed E-state index contributed by atoms with van der Waals surface area (Å²) in [6.07, 6.45) is 1.78. The van der Waals surface area contributed by atoms with Crippen molar-refractivity contribution in [3.05, 3.63) is 52.6 Å². The molecule has 0 spiro atoms. The zero-order valence-electron chi connectivity index (χ0n) is 12.1. The molecule has 1 aliphatic heterocycles. The van der Waals surface area contributed by atoms with Crippen LogP contribution in [0.2, 0.25) is 0 Å². The molecule has 4 heterocycles. The smallest absolute Gasteiger partial charge is 0.178 e. The van der Waals surface area contributed by atoms with Gasteiger partial charge in [-0.3, -0.25) is 9.39 Å². The number of fused-ring (bicyclic) bond motifs is 5. The maximum absolute atomic E-state index is 4.62. The maximum atomic E-state index is 4.62. The van der Waals surface area contributed by atoms with Gasteiger partial charge < -0.3 is 5.32 Å². The number of rotatable bonds is 1. The van der Waals surface area contributed by atoms with E-state index in [2.05, 4.69) is 70.9 Å². The van der Waals surface area contributed by atoms with Crippen LogP contribution in [0, 0.1) is 0 Å². The van der Waals surface area contributed by atoms with Crippen LogP contribution in [0.25, 0.3) is 27.7 Å². The van der Waals surface area contributed by atoms with Crippen LogP contribution in [0.1, 0.15) is 5.56 Å². The van der Waals surface area contributed by atoms with E-state index in [9.17, 15) is 0 Å². The van der Waals surface area contributed by atoms with Gasteiger partial charge in [0.05, 0.1) is 17.6 Å². The minimum absolute atomic E-state index is 0.752. The normalized spacial score (nSPS) is 14.6. The second-order valence-corrected chi connectivity index (χ2v) is 6.48. The van der Waals surface area contributed by atoms with E-state index in [4.69, 9.17) is 0 Å². The lowest BCUT2D eigenvalue weighted by Gasteiger charge is -2.07. The molecule has 0 atom stereocenters. The molecule has 1 N–H and O–H groups in total. The third-order valence-corrected chi connectivity index (χ3v) is 4.57. The third-order valence-electron chi connectivity index (χ3n) is 4.14. The lowest BCUT2D eigenvalue weighted by molar-refractivity contribution is 0.960. The number of nitrogens with zero attached hydrogens (tertiary/aromatic N) is 4. The van der Waals surface area contributed by atoms with Crippen molar-refractivity contribution in [2.75, 3.05) is 13.1 Å². The van der Waals surface area contributed by atoms with Crippen molar-refractivity contribution in [2.45, 2.75) is 0 Å². The fourth-order valence-corrected chi connectivity index (χ4v) is 3.42. The van der Waals surface area contributed by atoms with E-state index in [-0.39, 0.29) is 0 Å². The molecule has 0 saturated carbocycles. The summed E-state index contributed by atoms with van der Waals surface area (Å²) in [5, 5.41) is 4.50. The zero-order valence-corrected chi connectivity index (χ0v) is 13.7. The number of nitrogens with one attached hydrogen (secondary N) is 1. The standard InChI is InChI=1S/C17H12BrN5/c18-12-8-14-17(21-9-12)22-15-4-3-10-1-2-11(7-13(10)23(14)15)16-19-5-6-20-16/h1-4,7-9H,5-6H2,(H,19,20). The Bertz CT molecular complexity index is 1110. The van der Waals surface area contributed by atoms with Gasteiger partial charge in [-0.2, -0.15) is 0 Å². The van der Waals surface area contributed by atoms with E-state index in [0.717, 1.165) is 51.3 Å². The molecular weight excluding hydrogens is 354 g/mol. The predicted octanol–water partition coefficient (Wildman–Crippen LogP) is 3.15. The Morgan fingerprint density at radius 1 is 1.09 bits per heavy atom. The summed E-state index contributed by atoms with van der Waals surface area (Å²) >= 11 is 3.50. The van der Waals surface area contributed by atoms with Gasteiger partial charge in [0.1, 0.15) is 11.5 Å². The van der Waals surface area contributed by atoms with Crippen molar-refractivity contribution >= 4 is 49.5 Å². The van der Waals surface area contributed by atoms with Crippen LogP contribution in [0.3, 0.4) is 0 Å². The van der Waals surface area contributed by atoms with Gasteiger partial charge in [0, 0.05) is 22.8 Å². The molecule has 6 heteroatoms. The van der Waals surface area contributed by atoms with Gasteiger partial charge in [-0.05, 0) is 45.6 Å². The minimum Gasteiger partial charge on any atom is -0.368 e. The van der Waals surface area contributed by atoms with Crippen LogP contribution in [-0.2, 0) is 0 Å². The molecule has 0 aliphatic carbocycles. The monoisotopic (exact) mass is 365 g/mol. The molecule has 0 amide bonds. The first-order chi connectivity index (χ1) is 11.3. The fraction of sp³-hybridized carbons (Fsp3) is 0.118. The van der Waals surface area contributed by atoms with Crippen LogP contribution >= 0.6 is 15.9 Å². The first kappa shape index (κ1) is 13.0. The minimum atomic E-state index is 0.752. The van der Waals surface area contributed by atoms with Gasteiger partial charge in [-0.15, -0.1) is 0 Å². The Balaban J connectivity index is 1.90. The van der Waals surface area contributed by atoms with Gasteiger partial charge in [-0.25, -0.2) is 9.97 Å². The summed E-state index contributed by atoms with van der Waals surface area (Å²) in [6, 6.07) is 12.6. The molecule has 1 aromatic carbocycles. The van der Waals surface area contributed by atoms with E-state index >= 15 is 0 Å². The summed E-state index contributed by atoms with van der Waals surface area (Å²) in [5.41, 5.74) is 4.86. The maximum Gasteiger partial charge on any atom is 0.178 e. The van der Waals surface area contributed by atoms with E-state index in [0.29, 0.717) is 0 Å². The first-order valence-corrected chi connectivity index (χ1v) is 8.24. The quantitative estimate of drug-likeness (QED) is 0.563. The molecule has 0 fully saturated rings. The van der Waals surface area contributed by atoms with Gasteiger partial charge in [0.25, 0.3) is 0 Å². The average molecular weight is 366 g/mol. The number of imidazole rings is 1. The van der Waals surface area contributed by atoms with Crippen LogP contribution in [-0.4, -0.2) is 33.3 Å². The average Bonchev–Trinajstić information content (AvgIpc) is 3.21. The Morgan fingerprint density at radius 2 is 2.00 bits per heavy atom. The van der Waals surface area contributed by atoms with Crippen molar-refractivity contribution in [2.24, 2.45) is 4.99 Å². The van der Waals surface area contributed by atoms with Crippen molar-refractivity contribution in [1.29, 1.82) is 0 Å². The second-order valence-electron chi connectivity index (χ2n) is 5.57. The van der Waals surface area contributed by atoms with E-state index in [1.807, 2.05) is 6.07 Å². The largest absolute Gasteiger partial charge is 0.368 e. The number of amidine groups is 1. The molecule has 23 heavy (non-hydrogen) atoms. The van der Waals surface area contributed by atoms with E-state index in [1.54, 1.807) is 6.20 Å². The highest BCUT2D eigenvalue weighted by molar-refractivity contribution is 9.10. The molecule has 0 saturated heterocycles. The van der Waals surface area contributed by atoms with Gasteiger partial charge in [0.15, 0.2) is 5.65 Å². The Labute approximate surface area is 140 Å². The van der Waals surface area contributed by atoms with E-state index in [1.165, 1.54) is 5.39 Å². The summed E-state index contributed by atoms with van der Waals surface area (Å²) in [6.45, 7) is 1.74. The number of aromatic nitrogens is 3. The molecule has 1 aliphatic rings. The molecule has 0 unspecified atom stereocenters. The zero-order chi connectivity index (χ0) is 15.4. The van der Waals surface area contributed by atoms with Crippen molar-refractivity contribution in [1.82, 2.24) is 19.7 Å². The number of aliphatic imine (C=N–C) groups is 1. The molecule has 3 aromatic heterocycles. The molecule has 4 aromatic rings.